The van der Waals surface area contributed by atoms with Gasteiger partial charge in [0.25, 0.3) is 0 Å². The number of urea groups is 1. The topological polar surface area (TPSA) is 78.9 Å². The molecule has 2 atom stereocenters. The number of ether oxygens (including phenoxy) is 1. The number of nitrogens with one attached hydrogen (secondary N) is 1. The number of carbonyl (C=O) groups excluding carboxylic acids is 1. The highest BCUT2D eigenvalue weighted by molar-refractivity contribution is 9.10. The van der Waals surface area contributed by atoms with Crippen LogP contribution in [-0.2, 0) is 9.53 Å². The molecule has 1 fully saturated rings. The highest BCUT2D eigenvalue weighted by Crippen LogP contribution is 2.27. The van der Waals surface area contributed by atoms with Gasteiger partial charge in [0.2, 0.25) is 0 Å². The zero-order chi connectivity index (χ0) is 15.6. The van der Waals surface area contributed by atoms with Crippen LogP contribution >= 0.6 is 27.5 Å². The average Bonchev–Trinajstić information content (AvgIpc) is 2.90. The van der Waals surface area contributed by atoms with Crippen LogP contribution in [0.2, 0.25) is 5.02 Å². The Balaban J connectivity index is 2.07. The van der Waals surface area contributed by atoms with Gasteiger partial charge in [0.05, 0.1) is 24.9 Å². The maximum atomic E-state index is 12.2. The van der Waals surface area contributed by atoms with Gasteiger partial charge in [-0.05, 0) is 34.1 Å². The molecule has 1 aromatic carbocycles. The molecule has 114 valence electrons. The third-order valence-electron chi connectivity index (χ3n) is 3.36. The van der Waals surface area contributed by atoms with Crippen molar-refractivity contribution < 1.29 is 19.4 Å². The van der Waals surface area contributed by atoms with E-state index in [1.54, 1.807) is 25.2 Å². The van der Waals surface area contributed by atoms with Gasteiger partial charge in [-0.1, -0.05) is 11.6 Å². The molecule has 6 nitrogen and oxygen atoms in total. The zero-order valence-corrected chi connectivity index (χ0v) is 13.5. The third-order valence-corrected chi connectivity index (χ3v) is 4.25. The Bertz CT molecular complexity index is 569. The molecule has 1 aliphatic rings. The summed E-state index contributed by atoms with van der Waals surface area (Å²) < 4.78 is 5.81. The van der Waals surface area contributed by atoms with Gasteiger partial charge in [0.1, 0.15) is 5.92 Å². The zero-order valence-electron chi connectivity index (χ0n) is 11.2. The smallest absolute Gasteiger partial charge is 0.321 e. The Kier molecular flexibility index (Phi) is 5.08. The molecule has 2 unspecified atom stereocenters. The van der Waals surface area contributed by atoms with Crippen molar-refractivity contribution in [1.29, 1.82) is 0 Å². The van der Waals surface area contributed by atoms with Crippen molar-refractivity contribution in [1.82, 2.24) is 4.90 Å². The van der Waals surface area contributed by atoms with Crippen LogP contribution < -0.4 is 5.32 Å². The summed E-state index contributed by atoms with van der Waals surface area (Å²) in [5.41, 5.74) is 0.557. The second-order valence-corrected chi connectivity index (χ2v) is 6.01. The first kappa shape index (κ1) is 16.1. The van der Waals surface area contributed by atoms with Crippen LogP contribution in [0, 0.1) is 5.92 Å². The van der Waals surface area contributed by atoms with Crippen LogP contribution in [0.1, 0.15) is 0 Å². The Morgan fingerprint density at radius 2 is 2.19 bits per heavy atom. The molecule has 2 amide bonds. The van der Waals surface area contributed by atoms with E-state index in [4.69, 9.17) is 21.4 Å². The lowest BCUT2D eigenvalue weighted by atomic mass is 10.0. The summed E-state index contributed by atoms with van der Waals surface area (Å²) in [6.07, 6.45) is 0. The molecular formula is C13H14BrClN2O4. The number of likely N-dealkylation sites (N-methyl/N-ethyl adjacent to an activating group) is 1. The fourth-order valence-electron chi connectivity index (χ4n) is 2.11. The first-order valence-corrected chi connectivity index (χ1v) is 7.36. The normalized spacial score (nSPS) is 21.1. The van der Waals surface area contributed by atoms with Gasteiger partial charge in [0, 0.05) is 16.5 Å². The lowest BCUT2D eigenvalue weighted by Crippen LogP contribution is -2.45. The molecule has 0 aromatic heterocycles. The molecular weight excluding hydrogens is 364 g/mol. The van der Waals surface area contributed by atoms with Gasteiger partial charge in [-0.15, -0.1) is 0 Å². The number of carboxylic acids is 1. The summed E-state index contributed by atoms with van der Waals surface area (Å²) in [5.74, 6) is -1.68. The van der Waals surface area contributed by atoms with Gasteiger partial charge >= 0.3 is 12.0 Å². The van der Waals surface area contributed by atoms with Gasteiger partial charge in [0.15, 0.2) is 0 Å². The third kappa shape index (κ3) is 3.66. The van der Waals surface area contributed by atoms with E-state index in [0.29, 0.717) is 15.2 Å². The number of halogens is 2. The molecule has 0 spiro atoms. The first-order valence-electron chi connectivity index (χ1n) is 6.19. The Hall–Kier alpha value is -1.31. The van der Waals surface area contributed by atoms with Crippen LogP contribution in [0.4, 0.5) is 10.5 Å². The SMILES string of the molecule is CN(C(=O)Nc1ccc(Cl)cc1Br)C1COCC1C(=O)O. The molecule has 1 saturated heterocycles. The molecule has 8 heteroatoms. The van der Waals surface area contributed by atoms with E-state index >= 15 is 0 Å². The second kappa shape index (κ2) is 6.64. The summed E-state index contributed by atoms with van der Waals surface area (Å²) in [4.78, 5) is 24.7. The number of nitrogens with zero attached hydrogens (tertiary/aromatic N) is 1. The number of aliphatic carboxylic acids is 1. The lowest BCUT2D eigenvalue weighted by molar-refractivity contribution is -0.142. The highest BCUT2D eigenvalue weighted by atomic mass is 79.9. The number of anilines is 1. The summed E-state index contributed by atoms with van der Waals surface area (Å²) in [6, 6.07) is 4.09. The number of hydrogen-bond donors (Lipinski definition) is 2. The standard InChI is InChI=1S/C13H14BrClN2O4/c1-17(11-6-21-5-8(11)12(18)19)13(20)16-10-3-2-7(15)4-9(10)14/h2-4,8,11H,5-6H2,1H3,(H,16,20)(H,18,19). The Morgan fingerprint density at radius 3 is 2.81 bits per heavy atom. The first-order chi connectivity index (χ1) is 9.90. The number of hydrogen-bond acceptors (Lipinski definition) is 3. The van der Waals surface area contributed by atoms with E-state index in [0.717, 1.165) is 0 Å². The number of amides is 2. The Labute approximate surface area is 135 Å². The van der Waals surface area contributed by atoms with Gasteiger partial charge in [-0.3, -0.25) is 4.79 Å². The lowest BCUT2D eigenvalue weighted by Gasteiger charge is -2.26. The summed E-state index contributed by atoms with van der Waals surface area (Å²) in [6.45, 7) is 0.324. The van der Waals surface area contributed by atoms with E-state index in [1.165, 1.54) is 4.90 Å². The summed E-state index contributed by atoms with van der Waals surface area (Å²) >= 11 is 9.15. The van der Waals surface area contributed by atoms with Crippen molar-refractivity contribution in [2.24, 2.45) is 5.92 Å². The number of rotatable bonds is 3. The van der Waals surface area contributed by atoms with Crippen molar-refractivity contribution >= 4 is 45.2 Å². The van der Waals surface area contributed by atoms with Crippen molar-refractivity contribution in [2.75, 3.05) is 25.6 Å². The van der Waals surface area contributed by atoms with Gasteiger partial charge < -0.3 is 20.1 Å². The molecule has 0 radical (unpaired) electrons. The quantitative estimate of drug-likeness (QED) is 0.849. The number of carboxylic acid groups (broad SMARTS) is 1. The van der Waals surface area contributed by atoms with E-state index in [9.17, 15) is 9.59 Å². The fourth-order valence-corrected chi connectivity index (χ4v) is 2.89. The van der Waals surface area contributed by atoms with E-state index in [-0.39, 0.29) is 13.2 Å². The Morgan fingerprint density at radius 1 is 1.48 bits per heavy atom. The maximum absolute atomic E-state index is 12.2. The minimum absolute atomic E-state index is 0.113. The minimum atomic E-state index is -0.968. The molecule has 0 aliphatic carbocycles. The predicted molar refractivity (Wildman–Crippen MR) is 81.7 cm³/mol. The van der Waals surface area contributed by atoms with Gasteiger partial charge in [-0.2, -0.15) is 0 Å². The van der Waals surface area contributed by atoms with Crippen LogP contribution in [0.15, 0.2) is 22.7 Å². The van der Waals surface area contributed by atoms with Crippen LogP contribution in [-0.4, -0.2) is 48.3 Å². The molecule has 1 aromatic rings. The van der Waals surface area contributed by atoms with Crippen molar-refractivity contribution in [3.05, 3.63) is 27.7 Å². The monoisotopic (exact) mass is 376 g/mol. The molecule has 1 heterocycles. The molecule has 21 heavy (non-hydrogen) atoms. The summed E-state index contributed by atoms with van der Waals surface area (Å²) in [5, 5.41) is 12.4. The fraction of sp³-hybridized carbons (Fsp3) is 0.385. The van der Waals surface area contributed by atoms with Crippen LogP contribution in [0.25, 0.3) is 0 Å². The number of carbonyl (C=O) groups is 2. The molecule has 2 rings (SSSR count). The predicted octanol–water partition coefficient (Wildman–Crippen LogP) is 2.67. The highest BCUT2D eigenvalue weighted by Gasteiger charge is 2.38. The molecule has 1 aliphatic heterocycles. The van der Waals surface area contributed by atoms with Crippen molar-refractivity contribution in [3.63, 3.8) is 0 Å². The van der Waals surface area contributed by atoms with E-state index in [1.807, 2.05) is 0 Å². The number of benzene rings is 1. The largest absolute Gasteiger partial charge is 0.481 e. The van der Waals surface area contributed by atoms with Crippen molar-refractivity contribution in [2.45, 2.75) is 6.04 Å². The van der Waals surface area contributed by atoms with Crippen molar-refractivity contribution in [3.8, 4) is 0 Å². The second-order valence-electron chi connectivity index (χ2n) is 4.71. The minimum Gasteiger partial charge on any atom is -0.481 e. The van der Waals surface area contributed by atoms with E-state index < -0.39 is 24.0 Å². The maximum Gasteiger partial charge on any atom is 0.321 e. The molecule has 0 bridgehead atoms. The summed E-state index contributed by atoms with van der Waals surface area (Å²) in [7, 11) is 1.55. The average molecular weight is 378 g/mol. The van der Waals surface area contributed by atoms with Gasteiger partial charge in [-0.25, -0.2) is 4.79 Å². The molecule has 2 N–H and O–H groups in total. The van der Waals surface area contributed by atoms with Crippen LogP contribution in [0.3, 0.4) is 0 Å². The molecule has 0 saturated carbocycles. The van der Waals surface area contributed by atoms with E-state index in [2.05, 4.69) is 21.2 Å². The van der Waals surface area contributed by atoms with Crippen LogP contribution in [0.5, 0.6) is 0 Å².